The molecule has 7 heteroatoms. The summed E-state index contributed by atoms with van der Waals surface area (Å²) in [6, 6.07) is 6.27. The fourth-order valence-electron chi connectivity index (χ4n) is 2.19. The van der Waals surface area contributed by atoms with Gasteiger partial charge in [0.1, 0.15) is 5.82 Å². The van der Waals surface area contributed by atoms with E-state index in [4.69, 9.17) is 5.11 Å². The minimum absolute atomic E-state index is 0.0455. The van der Waals surface area contributed by atoms with Gasteiger partial charge < -0.3 is 9.67 Å². The number of hydrogen-bond acceptors (Lipinski definition) is 4. The lowest BCUT2D eigenvalue weighted by molar-refractivity contribution is -0.384. The normalized spacial score (nSPS) is 10.5. The molecule has 7 nitrogen and oxygen atoms in total. The van der Waals surface area contributed by atoms with Gasteiger partial charge in [-0.3, -0.25) is 14.9 Å². The summed E-state index contributed by atoms with van der Waals surface area (Å²) in [4.78, 5) is 25.2. The molecule has 2 aromatic rings. The van der Waals surface area contributed by atoms with Crippen molar-refractivity contribution in [3.8, 4) is 0 Å². The molecule has 0 radical (unpaired) electrons. The second-order valence-corrected chi connectivity index (χ2v) is 4.58. The van der Waals surface area contributed by atoms with Crippen LogP contribution in [0.5, 0.6) is 0 Å². The Kier molecular flexibility index (Phi) is 4.32. The lowest BCUT2D eigenvalue weighted by Crippen LogP contribution is -2.10. The number of benzene rings is 1. The summed E-state index contributed by atoms with van der Waals surface area (Å²) in [7, 11) is 0. The molecular formula is C14H15N3O4. The quantitative estimate of drug-likeness (QED) is 0.648. The van der Waals surface area contributed by atoms with Crippen LogP contribution >= 0.6 is 0 Å². The van der Waals surface area contributed by atoms with Crippen molar-refractivity contribution < 1.29 is 14.8 Å². The van der Waals surface area contributed by atoms with Crippen molar-refractivity contribution in [1.29, 1.82) is 0 Å². The predicted octanol–water partition coefficient (Wildman–Crippen LogP) is 2.03. The minimum atomic E-state index is -0.897. The highest BCUT2D eigenvalue weighted by Crippen LogP contribution is 2.16. The summed E-state index contributed by atoms with van der Waals surface area (Å²) >= 11 is 0. The number of carboxylic acids is 1. The zero-order chi connectivity index (χ0) is 15.4. The lowest BCUT2D eigenvalue weighted by Gasteiger charge is -2.08. The topological polar surface area (TPSA) is 98.3 Å². The van der Waals surface area contributed by atoms with Crippen LogP contribution in [0.25, 0.3) is 0 Å². The first-order valence-corrected chi connectivity index (χ1v) is 6.49. The van der Waals surface area contributed by atoms with Gasteiger partial charge in [0.15, 0.2) is 0 Å². The second-order valence-electron chi connectivity index (χ2n) is 4.58. The highest BCUT2D eigenvalue weighted by molar-refractivity contribution is 5.69. The Labute approximate surface area is 121 Å². The average molecular weight is 289 g/mol. The molecule has 0 aliphatic rings. The third kappa shape index (κ3) is 3.44. The summed E-state index contributed by atoms with van der Waals surface area (Å²) in [6.45, 7) is 2.55. The zero-order valence-electron chi connectivity index (χ0n) is 11.5. The Morgan fingerprint density at radius 2 is 2.05 bits per heavy atom. The predicted molar refractivity (Wildman–Crippen MR) is 75.1 cm³/mol. The molecule has 0 spiro atoms. The molecule has 110 valence electrons. The molecule has 1 aromatic heterocycles. The maximum Gasteiger partial charge on any atom is 0.309 e. The van der Waals surface area contributed by atoms with Crippen LogP contribution in [0.15, 0.2) is 30.5 Å². The van der Waals surface area contributed by atoms with E-state index in [-0.39, 0.29) is 12.1 Å². The first kappa shape index (κ1) is 14.7. The molecule has 0 unspecified atom stereocenters. The molecule has 0 saturated heterocycles. The number of non-ortho nitro benzene ring substituents is 1. The maximum atomic E-state index is 10.8. The number of rotatable bonds is 6. The fraction of sp³-hybridized carbons (Fsp3) is 0.286. The number of carboxylic acid groups (broad SMARTS) is 1. The molecule has 0 fully saturated rings. The minimum Gasteiger partial charge on any atom is -0.481 e. The molecule has 0 amide bonds. The van der Waals surface area contributed by atoms with Crippen molar-refractivity contribution in [2.75, 3.05) is 0 Å². The van der Waals surface area contributed by atoms with Gasteiger partial charge in [0.25, 0.3) is 5.69 Å². The van der Waals surface area contributed by atoms with Gasteiger partial charge in [-0.2, -0.15) is 0 Å². The number of nitrogens with zero attached hydrogens (tertiary/aromatic N) is 3. The number of nitro groups is 1. The van der Waals surface area contributed by atoms with E-state index >= 15 is 0 Å². The largest absolute Gasteiger partial charge is 0.481 e. The van der Waals surface area contributed by atoms with Crippen molar-refractivity contribution in [2.24, 2.45) is 0 Å². The number of hydrogen-bond donors (Lipinski definition) is 1. The molecule has 1 N–H and O–H groups in total. The van der Waals surface area contributed by atoms with E-state index in [1.54, 1.807) is 18.3 Å². The molecule has 1 aromatic carbocycles. The van der Waals surface area contributed by atoms with E-state index in [1.165, 1.54) is 12.1 Å². The van der Waals surface area contributed by atoms with Crippen LogP contribution in [0, 0.1) is 10.1 Å². The highest BCUT2D eigenvalue weighted by atomic mass is 16.6. The summed E-state index contributed by atoms with van der Waals surface area (Å²) in [5.74, 6) is -0.144. The Morgan fingerprint density at radius 1 is 1.38 bits per heavy atom. The van der Waals surface area contributed by atoms with Gasteiger partial charge in [-0.05, 0) is 12.5 Å². The molecule has 0 bridgehead atoms. The van der Waals surface area contributed by atoms with E-state index in [2.05, 4.69) is 4.98 Å². The van der Waals surface area contributed by atoms with Crippen molar-refractivity contribution in [3.63, 3.8) is 0 Å². The van der Waals surface area contributed by atoms with E-state index in [0.29, 0.717) is 18.7 Å². The molecule has 0 atom stereocenters. The smallest absolute Gasteiger partial charge is 0.309 e. The fourth-order valence-corrected chi connectivity index (χ4v) is 2.19. The van der Waals surface area contributed by atoms with Crippen LogP contribution < -0.4 is 0 Å². The molecule has 0 aliphatic heterocycles. The molecule has 2 rings (SSSR count). The van der Waals surface area contributed by atoms with E-state index < -0.39 is 10.9 Å². The van der Waals surface area contributed by atoms with Gasteiger partial charge in [-0.1, -0.05) is 12.1 Å². The Morgan fingerprint density at radius 3 is 2.57 bits per heavy atom. The van der Waals surface area contributed by atoms with E-state index in [0.717, 1.165) is 11.4 Å². The lowest BCUT2D eigenvalue weighted by atomic mass is 10.1. The summed E-state index contributed by atoms with van der Waals surface area (Å²) in [5.41, 5.74) is 1.59. The van der Waals surface area contributed by atoms with Gasteiger partial charge in [-0.15, -0.1) is 0 Å². The number of aromatic nitrogens is 2. The van der Waals surface area contributed by atoms with Crippen LogP contribution in [-0.4, -0.2) is 25.6 Å². The van der Waals surface area contributed by atoms with Crippen LogP contribution in [0.1, 0.15) is 24.0 Å². The van der Waals surface area contributed by atoms with Gasteiger partial charge in [0, 0.05) is 37.0 Å². The standard InChI is InChI=1S/C14H15N3O4/c1-2-16-12(8-14(18)19)9-15-13(16)7-10-3-5-11(6-4-10)17(20)21/h3-6,9H,2,7-8H2,1H3,(H,18,19). The molecular weight excluding hydrogens is 274 g/mol. The first-order valence-electron chi connectivity index (χ1n) is 6.49. The second kappa shape index (κ2) is 6.17. The molecule has 0 aliphatic carbocycles. The van der Waals surface area contributed by atoms with Crippen molar-refractivity contribution in [3.05, 3.63) is 57.7 Å². The SMILES string of the molecule is CCn1c(CC(=O)O)cnc1Cc1ccc([N+](=O)[O-])cc1. The average Bonchev–Trinajstić information content (AvgIpc) is 2.80. The number of imidazole rings is 1. The number of carbonyl (C=O) groups is 1. The van der Waals surface area contributed by atoms with Crippen LogP contribution in [0.2, 0.25) is 0 Å². The Balaban J connectivity index is 2.21. The van der Waals surface area contributed by atoms with Crippen molar-refractivity contribution in [1.82, 2.24) is 9.55 Å². The molecule has 0 saturated carbocycles. The first-order chi connectivity index (χ1) is 10.0. The summed E-state index contributed by atoms with van der Waals surface area (Å²) in [5, 5.41) is 19.5. The number of aliphatic carboxylic acids is 1. The van der Waals surface area contributed by atoms with E-state index in [1.807, 2.05) is 11.5 Å². The molecule has 1 heterocycles. The Bertz CT molecular complexity index is 661. The van der Waals surface area contributed by atoms with Crippen LogP contribution in [-0.2, 0) is 24.2 Å². The molecule has 21 heavy (non-hydrogen) atoms. The van der Waals surface area contributed by atoms with Gasteiger partial charge >= 0.3 is 5.97 Å². The summed E-state index contributed by atoms with van der Waals surface area (Å²) < 4.78 is 1.86. The number of nitro benzene ring substituents is 1. The van der Waals surface area contributed by atoms with Crippen LogP contribution in [0.4, 0.5) is 5.69 Å². The monoisotopic (exact) mass is 289 g/mol. The van der Waals surface area contributed by atoms with Gasteiger partial charge in [0.05, 0.1) is 11.3 Å². The summed E-state index contributed by atoms with van der Waals surface area (Å²) in [6.07, 6.45) is 2.00. The third-order valence-electron chi connectivity index (χ3n) is 3.18. The maximum absolute atomic E-state index is 10.8. The van der Waals surface area contributed by atoms with Crippen molar-refractivity contribution in [2.45, 2.75) is 26.3 Å². The van der Waals surface area contributed by atoms with Gasteiger partial charge in [0.2, 0.25) is 0 Å². The van der Waals surface area contributed by atoms with E-state index in [9.17, 15) is 14.9 Å². The highest BCUT2D eigenvalue weighted by Gasteiger charge is 2.12. The van der Waals surface area contributed by atoms with Gasteiger partial charge in [-0.25, -0.2) is 4.98 Å². The van der Waals surface area contributed by atoms with Crippen molar-refractivity contribution >= 4 is 11.7 Å². The third-order valence-corrected chi connectivity index (χ3v) is 3.18. The Hall–Kier alpha value is -2.70. The zero-order valence-corrected chi connectivity index (χ0v) is 11.5. The van der Waals surface area contributed by atoms with Crippen LogP contribution in [0.3, 0.4) is 0 Å².